The number of sulfone groups is 1. The number of hydrogen-bond donors (Lipinski definition) is 1. The monoisotopic (exact) mass is 267 g/mol. The van der Waals surface area contributed by atoms with E-state index in [0.717, 1.165) is 18.4 Å². The molecule has 100 valence electrons. The van der Waals surface area contributed by atoms with Gasteiger partial charge in [-0.3, -0.25) is 0 Å². The number of hydrogen-bond acceptors (Lipinski definition) is 3. The van der Waals surface area contributed by atoms with Crippen LogP contribution in [0.3, 0.4) is 0 Å². The maximum Gasteiger partial charge on any atom is 0.185 e. The minimum absolute atomic E-state index is 0.327. The van der Waals surface area contributed by atoms with Crippen LogP contribution in [0.2, 0.25) is 0 Å². The lowest BCUT2D eigenvalue weighted by Crippen LogP contribution is -2.50. The van der Waals surface area contributed by atoms with Gasteiger partial charge >= 0.3 is 0 Å². The van der Waals surface area contributed by atoms with Crippen LogP contribution in [0.15, 0.2) is 29.2 Å². The standard InChI is InChI=1S/C14H21NO2S/c1-11-5-7-13(8-6-11)18(16,17)14(12(2)15)9-3-4-10-14/h5-8,12H,3-4,9-10,15H2,1-2H3. The summed E-state index contributed by atoms with van der Waals surface area (Å²) in [5.41, 5.74) is 7.07. The van der Waals surface area contributed by atoms with Crippen molar-refractivity contribution in [2.75, 3.05) is 0 Å². The lowest BCUT2D eigenvalue weighted by atomic mass is 9.99. The van der Waals surface area contributed by atoms with E-state index < -0.39 is 14.6 Å². The van der Waals surface area contributed by atoms with Gasteiger partial charge in [0.25, 0.3) is 0 Å². The van der Waals surface area contributed by atoms with Gasteiger partial charge in [0.05, 0.1) is 9.64 Å². The van der Waals surface area contributed by atoms with Gasteiger partial charge in [-0.1, -0.05) is 30.5 Å². The quantitative estimate of drug-likeness (QED) is 0.915. The van der Waals surface area contributed by atoms with E-state index in [1.54, 1.807) is 12.1 Å². The SMILES string of the molecule is Cc1ccc(S(=O)(=O)C2(C(C)N)CCCC2)cc1. The van der Waals surface area contributed by atoms with Crippen molar-refractivity contribution in [1.29, 1.82) is 0 Å². The third-order valence-corrected chi connectivity index (χ3v) is 6.89. The molecule has 2 rings (SSSR count). The third kappa shape index (κ3) is 1.97. The van der Waals surface area contributed by atoms with Gasteiger partial charge in [-0.05, 0) is 38.8 Å². The van der Waals surface area contributed by atoms with Gasteiger partial charge in [-0.15, -0.1) is 0 Å². The van der Waals surface area contributed by atoms with Crippen molar-refractivity contribution in [2.24, 2.45) is 5.73 Å². The van der Waals surface area contributed by atoms with Crippen LogP contribution in [-0.4, -0.2) is 19.2 Å². The van der Waals surface area contributed by atoms with E-state index in [1.807, 2.05) is 26.0 Å². The Kier molecular flexibility index (Phi) is 3.52. The highest BCUT2D eigenvalue weighted by Gasteiger charge is 2.49. The van der Waals surface area contributed by atoms with Crippen LogP contribution in [0, 0.1) is 6.92 Å². The fraction of sp³-hybridized carbons (Fsp3) is 0.571. The second-order valence-corrected chi connectivity index (χ2v) is 7.67. The van der Waals surface area contributed by atoms with E-state index in [2.05, 4.69) is 0 Å². The summed E-state index contributed by atoms with van der Waals surface area (Å²) in [6.45, 7) is 3.77. The summed E-state index contributed by atoms with van der Waals surface area (Å²) >= 11 is 0. The fourth-order valence-corrected chi connectivity index (χ4v) is 5.17. The number of benzene rings is 1. The molecule has 0 spiro atoms. The van der Waals surface area contributed by atoms with Crippen molar-refractivity contribution in [3.05, 3.63) is 29.8 Å². The molecule has 0 aliphatic heterocycles. The Morgan fingerprint density at radius 3 is 2.11 bits per heavy atom. The largest absolute Gasteiger partial charge is 0.327 e. The first-order chi connectivity index (χ1) is 8.40. The van der Waals surface area contributed by atoms with Gasteiger partial charge in [0.15, 0.2) is 9.84 Å². The predicted octanol–water partition coefficient (Wildman–Crippen LogP) is 2.43. The van der Waals surface area contributed by atoms with Gasteiger partial charge in [-0.2, -0.15) is 0 Å². The molecule has 0 radical (unpaired) electrons. The molecule has 4 heteroatoms. The molecule has 1 aromatic rings. The van der Waals surface area contributed by atoms with E-state index in [4.69, 9.17) is 5.73 Å². The molecule has 1 fully saturated rings. The van der Waals surface area contributed by atoms with Crippen molar-refractivity contribution < 1.29 is 8.42 Å². The lowest BCUT2D eigenvalue weighted by Gasteiger charge is -2.32. The Balaban J connectivity index is 2.50. The van der Waals surface area contributed by atoms with Gasteiger partial charge in [0.2, 0.25) is 0 Å². The molecule has 0 saturated heterocycles. The average Bonchev–Trinajstić information content (AvgIpc) is 2.80. The Bertz CT molecular complexity index is 511. The topological polar surface area (TPSA) is 60.2 Å². The summed E-state index contributed by atoms with van der Waals surface area (Å²) in [4.78, 5) is 0.410. The van der Waals surface area contributed by atoms with E-state index in [1.165, 1.54) is 0 Å². The van der Waals surface area contributed by atoms with Crippen LogP contribution < -0.4 is 5.73 Å². The van der Waals surface area contributed by atoms with Crippen LogP contribution in [0.25, 0.3) is 0 Å². The smallest absolute Gasteiger partial charge is 0.185 e. The molecule has 0 amide bonds. The lowest BCUT2D eigenvalue weighted by molar-refractivity contribution is 0.455. The van der Waals surface area contributed by atoms with Gasteiger partial charge in [0, 0.05) is 6.04 Å². The average molecular weight is 267 g/mol. The second-order valence-electron chi connectivity index (χ2n) is 5.38. The molecule has 1 aliphatic carbocycles. The first-order valence-electron chi connectivity index (χ1n) is 6.47. The molecule has 18 heavy (non-hydrogen) atoms. The summed E-state index contributed by atoms with van der Waals surface area (Å²) in [6, 6.07) is 6.76. The predicted molar refractivity (Wildman–Crippen MR) is 73.2 cm³/mol. The molecule has 1 saturated carbocycles. The summed E-state index contributed by atoms with van der Waals surface area (Å²) in [6.07, 6.45) is 3.26. The molecule has 3 nitrogen and oxygen atoms in total. The molecule has 1 aliphatic rings. The normalized spacial score (nSPS) is 20.8. The van der Waals surface area contributed by atoms with E-state index in [0.29, 0.717) is 17.7 Å². The molecule has 1 unspecified atom stereocenters. The molecule has 0 aromatic heterocycles. The maximum absolute atomic E-state index is 12.8. The van der Waals surface area contributed by atoms with Crippen molar-refractivity contribution in [2.45, 2.75) is 55.2 Å². The number of nitrogens with two attached hydrogens (primary N) is 1. The first-order valence-corrected chi connectivity index (χ1v) is 7.95. The zero-order valence-electron chi connectivity index (χ0n) is 11.0. The summed E-state index contributed by atoms with van der Waals surface area (Å²) in [5.74, 6) is 0. The highest BCUT2D eigenvalue weighted by molar-refractivity contribution is 7.93. The molecule has 1 atom stereocenters. The summed E-state index contributed by atoms with van der Waals surface area (Å²) < 4.78 is 24.9. The highest BCUT2D eigenvalue weighted by Crippen LogP contribution is 2.42. The van der Waals surface area contributed by atoms with Crippen LogP contribution in [0.4, 0.5) is 0 Å². The fourth-order valence-electron chi connectivity index (χ4n) is 2.89. The van der Waals surface area contributed by atoms with Gasteiger partial charge in [0.1, 0.15) is 0 Å². The Hall–Kier alpha value is -0.870. The zero-order valence-corrected chi connectivity index (χ0v) is 11.8. The minimum Gasteiger partial charge on any atom is -0.327 e. The van der Waals surface area contributed by atoms with Crippen molar-refractivity contribution in [3.8, 4) is 0 Å². The number of rotatable bonds is 3. The maximum atomic E-state index is 12.8. The first kappa shape index (κ1) is 13.6. The molecule has 0 heterocycles. The van der Waals surface area contributed by atoms with Gasteiger partial charge in [-0.25, -0.2) is 8.42 Å². The molecule has 2 N–H and O–H groups in total. The van der Waals surface area contributed by atoms with E-state index in [9.17, 15) is 8.42 Å². The van der Waals surface area contributed by atoms with Crippen LogP contribution in [0.5, 0.6) is 0 Å². The van der Waals surface area contributed by atoms with E-state index in [-0.39, 0.29) is 6.04 Å². The highest BCUT2D eigenvalue weighted by atomic mass is 32.2. The Morgan fingerprint density at radius 2 is 1.67 bits per heavy atom. The van der Waals surface area contributed by atoms with Crippen LogP contribution >= 0.6 is 0 Å². The van der Waals surface area contributed by atoms with Crippen molar-refractivity contribution in [3.63, 3.8) is 0 Å². The molecular weight excluding hydrogens is 246 g/mol. The van der Waals surface area contributed by atoms with Crippen LogP contribution in [-0.2, 0) is 9.84 Å². The number of aryl methyl sites for hydroxylation is 1. The minimum atomic E-state index is -3.34. The van der Waals surface area contributed by atoms with Gasteiger partial charge < -0.3 is 5.73 Å². The summed E-state index contributed by atoms with van der Waals surface area (Å²) in [5, 5.41) is 0. The Labute approximate surface area is 109 Å². The van der Waals surface area contributed by atoms with Crippen LogP contribution in [0.1, 0.15) is 38.2 Å². The van der Waals surface area contributed by atoms with Crippen molar-refractivity contribution in [1.82, 2.24) is 0 Å². The third-order valence-electron chi connectivity index (χ3n) is 4.15. The molecular formula is C14H21NO2S. The molecule has 0 bridgehead atoms. The van der Waals surface area contributed by atoms with E-state index >= 15 is 0 Å². The summed E-state index contributed by atoms with van der Waals surface area (Å²) in [7, 11) is -3.34. The van der Waals surface area contributed by atoms with Crippen molar-refractivity contribution >= 4 is 9.84 Å². The zero-order chi connectivity index (χ0) is 13.4. The Morgan fingerprint density at radius 1 is 1.17 bits per heavy atom. The molecule has 1 aromatic carbocycles. The second kappa shape index (κ2) is 4.67.